The lowest BCUT2D eigenvalue weighted by Gasteiger charge is -2.28. The maximum absolute atomic E-state index is 12.0. The van der Waals surface area contributed by atoms with E-state index in [2.05, 4.69) is 137 Å². The van der Waals surface area contributed by atoms with Crippen molar-refractivity contribution in [2.45, 2.75) is 88.8 Å². The number of thiophene rings is 2. The van der Waals surface area contributed by atoms with E-state index in [0.717, 1.165) is 74.0 Å². The van der Waals surface area contributed by atoms with Gasteiger partial charge >= 0.3 is 11.9 Å². The van der Waals surface area contributed by atoms with E-state index in [1.165, 1.54) is 52.9 Å². The lowest BCUT2D eigenvalue weighted by molar-refractivity contribution is -0.146. The number of carbonyl (C=O) groups is 2. The number of allylic oxidation sites excluding steroid dienone is 1. The Balaban J connectivity index is 0.970. The van der Waals surface area contributed by atoms with Crippen LogP contribution in [0.3, 0.4) is 0 Å². The first-order valence-electron chi connectivity index (χ1n) is 23.9. The number of rotatable bonds is 27. The fourth-order valence-electron chi connectivity index (χ4n) is 8.82. The zero-order valence-corrected chi connectivity index (χ0v) is 41.4. The van der Waals surface area contributed by atoms with Crippen molar-refractivity contribution in [3.63, 3.8) is 0 Å². The number of ether oxygens (including phenoxy) is 4. The van der Waals surface area contributed by atoms with Crippen LogP contribution in [0.5, 0.6) is 11.5 Å². The summed E-state index contributed by atoms with van der Waals surface area (Å²) in [5, 5.41) is 0. The molecule has 1 aliphatic carbocycles. The number of hydrogen-bond donors (Lipinski definition) is 0. The molecule has 0 unspecified atom stereocenters. The predicted molar refractivity (Wildman–Crippen MR) is 287 cm³/mol. The molecule has 8 heteroatoms. The minimum absolute atomic E-state index is 0.234. The predicted octanol–water partition coefficient (Wildman–Crippen LogP) is 16.3. The SMILES string of the molecule is C=C=CC1(CCC)c2cc(-c3ccc(-c4ccc(OCCCCCC(=O)OC(C=C)C=C)cc4)s3)ccc2-c2ccc(-c3ccc(-c4ccc(OCCCCCC(=O)OC(C=C)C=C)cc4)s3)cc21. The van der Waals surface area contributed by atoms with Crippen molar-refractivity contribution in [2.75, 3.05) is 13.2 Å². The van der Waals surface area contributed by atoms with Crippen LogP contribution in [-0.2, 0) is 24.5 Å². The maximum atomic E-state index is 12.0. The quantitative estimate of drug-likeness (QED) is 0.0222. The van der Waals surface area contributed by atoms with Crippen LogP contribution in [0.15, 0.2) is 178 Å². The van der Waals surface area contributed by atoms with Gasteiger partial charge in [-0.1, -0.05) is 70.5 Å². The van der Waals surface area contributed by atoms with E-state index in [1.807, 2.05) is 24.3 Å². The highest BCUT2D eigenvalue weighted by Gasteiger charge is 2.41. The summed E-state index contributed by atoms with van der Waals surface area (Å²) in [6, 6.07) is 39.4. The molecule has 69 heavy (non-hydrogen) atoms. The van der Waals surface area contributed by atoms with Crippen molar-refractivity contribution >= 4 is 34.6 Å². The minimum Gasteiger partial charge on any atom is -0.494 e. The molecule has 2 aromatic heterocycles. The second-order valence-electron chi connectivity index (χ2n) is 17.1. The molecule has 4 aromatic carbocycles. The van der Waals surface area contributed by atoms with E-state index in [4.69, 9.17) is 18.9 Å². The Labute approximate surface area is 416 Å². The topological polar surface area (TPSA) is 71.1 Å². The Bertz CT molecular complexity index is 2590. The summed E-state index contributed by atoms with van der Waals surface area (Å²) in [5.74, 6) is 1.20. The van der Waals surface area contributed by atoms with Gasteiger partial charge in [-0.15, -0.1) is 28.4 Å². The first-order valence-corrected chi connectivity index (χ1v) is 25.6. The van der Waals surface area contributed by atoms with Crippen LogP contribution in [0.25, 0.3) is 52.9 Å². The standard InChI is InChI=1S/C61H62O6S2/c1-7-37-61(38-8-2)53-41-45(57-35-33-55(68-57)43-21-27-49(28-22-43)64-39-17-13-15-19-59(62)66-47(9-3)10-4)25-31-51(53)52-32-26-46(42-54(52)61)58-36-34-56(69-58)44-23-29-50(30-24-44)65-40-18-14-16-20-60(63)67-48(11-5)12-6/h9-12,21-37,41-42,47-48H,1,3-6,8,13-20,38-40H2,2H3. The fraction of sp³-hybridized carbons (Fsp3) is 0.262. The summed E-state index contributed by atoms with van der Waals surface area (Å²) in [7, 11) is 0. The Morgan fingerprint density at radius 1 is 0.551 bits per heavy atom. The summed E-state index contributed by atoms with van der Waals surface area (Å²) in [6.07, 6.45) is 15.2. The van der Waals surface area contributed by atoms with Gasteiger partial charge in [0, 0.05) is 37.8 Å². The van der Waals surface area contributed by atoms with Gasteiger partial charge in [-0.3, -0.25) is 9.59 Å². The molecule has 0 saturated carbocycles. The Morgan fingerprint density at radius 3 is 1.32 bits per heavy atom. The molecule has 0 amide bonds. The van der Waals surface area contributed by atoms with Gasteiger partial charge in [0.25, 0.3) is 0 Å². The van der Waals surface area contributed by atoms with Crippen LogP contribution in [-0.4, -0.2) is 37.4 Å². The Kier molecular flexibility index (Phi) is 17.8. The van der Waals surface area contributed by atoms with Crippen molar-refractivity contribution in [1.82, 2.24) is 0 Å². The van der Waals surface area contributed by atoms with Gasteiger partial charge in [-0.05, 0) is 205 Å². The van der Waals surface area contributed by atoms with Gasteiger partial charge < -0.3 is 18.9 Å². The average Bonchev–Trinajstić information content (AvgIpc) is 4.14. The highest BCUT2D eigenvalue weighted by atomic mass is 32.1. The third kappa shape index (κ3) is 12.5. The molecule has 1 aliphatic rings. The molecule has 0 spiro atoms. The maximum Gasteiger partial charge on any atom is 0.306 e. The molecule has 7 rings (SSSR count). The Morgan fingerprint density at radius 2 is 0.942 bits per heavy atom. The first kappa shape index (κ1) is 50.2. The van der Waals surface area contributed by atoms with Crippen LogP contribution in [0.2, 0.25) is 0 Å². The first-order chi connectivity index (χ1) is 33.7. The zero-order valence-electron chi connectivity index (χ0n) is 39.7. The van der Waals surface area contributed by atoms with Gasteiger partial charge in [-0.25, -0.2) is 0 Å². The van der Waals surface area contributed by atoms with Gasteiger partial charge in [0.2, 0.25) is 0 Å². The molecule has 6 nitrogen and oxygen atoms in total. The number of carbonyl (C=O) groups excluding carboxylic acids is 2. The normalized spacial score (nSPS) is 12.1. The van der Waals surface area contributed by atoms with Gasteiger partial charge in [0.05, 0.1) is 13.2 Å². The van der Waals surface area contributed by atoms with Gasteiger partial charge in [0.1, 0.15) is 23.7 Å². The average molecular weight is 955 g/mol. The van der Waals surface area contributed by atoms with E-state index in [9.17, 15) is 9.59 Å². The Hall–Kier alpha value is -6.70. The molecule has 0 atom stereocenters. The number of hydrogen-bond acceptors (Lipinski definition) is 8. The van der Waals surface area contributed by atoms with Crippen molar-refractivity contribution < 1.29 is 28.5 Å². The number of esters is 2. The van der Waals surface area contributed by atoms with Crippen LogP contribution < -0.4 is 9.47 Å². The van der Waals surface area contributed by atoms with E-state index in [-0.39, 0.29) is 17.4 Å². The fourth-order valence-corrected chi connectivity index (χ4v) is 10.8. The van der Waals surface area contributed by atoms with Crippen LogP contribution >= 0.6 is 22.7 Å². The molecule has 0 fully saturated rings. The largest absolute Gasteiger partial charge is 0.494 e. The summed E-state index contributed by atoms with van der Waals surface area (Å²) in [5.41, 5.74) is 12.7. The molecule has 0 bridgehead atoms. The second-order valence-corrected chi connectivity index (χ2v) is 19.3. The zero-order chi connectivity index (χ0) is 48.6. The smallest absolute Gasteiger partial charge is 0.306 e. The third-order valence-electron chi connectivity index (χ3n) is 12.4. The summed E-state index contributed by atoms with van der Waals surface area (Å²) >= 11 is 3.59. The lowest BCUT2D eigenvalue weighted by atomic mass is 9.74. The monoisotopic (exact) mass is 954 g/mol. The summed E-state index contributed by atoms with van der Waals surface area (Å²) in [4.78, 5) is 28.8. The molecule has 0 aliphatic heterocycles. The number of unbranched alkanes of at least 4 members (excludes halogenated alkanes) is 4. The molecule has 354 valence electrons. The number of fused-ring (bicyclic) bond motifs is 3. The van der Waals surface area contributed by atoms with Crippen molar-refractivity contribution in [2.24, 2.45) is 0 Å². The van der Waals surface area contributed by atoms with Crippen molar-refractivity contribution in [3.8, 4) is 64.4 Å². The van der Waals surface area contributed by atoms with E-state index < -0.39 is 12.2 Å². The van der Waals surface area contributed by atoms with Crippen molar-refractivity contribution in [1.29, 1.82) is 0 Å². The molecule has 0 N–H and O–H groups in total. The molecule has 0 saturated heterocycles. The lowest BCUT2D eigenvalue weighted by Crippen LogP contribution is -2.22. The molecule has 6 aromatic rings. The van der Waals surface area contributed by atoms with Gasteiger partial charge in [-0.2, -0.15) is 0 Å². The van der Waals surface area contributed by atoms with Crippen LogP contribution in [0.4, 0.5) is 0 Å². The third-order valence-corrected chi connectivity index (χ3v) is 14.8. The molecular formula is C61H62O6S2. The second kappa shape index (κ2) is 24.5. The summed E-state index contributed by atoms with van der Waals surface area (Å²) < 4.78 is 22.6. The summed E-state index contributed by atoms with van der Waals surface area (Å²) in [6.45, 7) is 22.2. The van der Waals surface area contributed by atoms with Crippen LogP contribution in [0, 0.1) is 0 Å². The number of benzene rings is 4. The molecule has 0 radical (unpaired) electrons. The van der Waals surface area contributed by atoms with E-state index in [0.29, 0.717) is 26.1 Å². The van der Waals surface area contributed by atoms with Gasteiger partial charge in [0.15, 0.2) is 0 Å². The molecule has 2 heterocycles. The van der Waals surface area contributed by atoms with Crippen LogP contribution in [0.1, 0.15) is 82.3 Å². The highest BCUT2D eigenvalue weighted by molar-refractivity contribution is 7.19. The van der Waals surface area contributed by atoms with E-state index in [1.54, 1.807) is 47.0 Å². The molecular weight excluding hydrogens is 893 g/mol. The highest BCUT2D eigenvalue weighted by Crippen LogP contribution is 2.54. The van der Waals surface area contributed by atoms with Crippen molar-refractivity contribution in [3.05, 3.63) is 189 Å². The minimum atomic E-state index is -0.437. The van der Waals surface area contributed by atoms with E-state index >= 15 is 0 Å².